The Kier molecular flexibility index (Phi) is 12.3. The minimum atomic E-state index is 0.572. The first-order valence-corrected chi connectivity index (χ1v) is 9.84. The van der Waals surface area contributed by atoms with Crippen LogP contribution in [0.5, 0.6) is 0 Å². The topological polar surface area (TPSA) is 38.0 Å². The largest absolute Gasteiger partial charge is 0.271 e. The van der Waals surface area contributed by atoms with Gasteiger partial charge >= 0.3 is 0 Å². The minimum absolute atomic E-state index is 0.572. The molecule has 0 aromatic carbocycles. The van der Waals surface area contributed by atoms with Crippen LogP contribution >= 0.6 is 0 Å². The molecule has 0 bridgehead atoms. The lowest BCUT2D eigenvalue weighted by Crippen LogP contribution is -2.41. The molecule has 1 aliphatic rings. The van der Waals surface area contributed by atoms with Crippen LogP contribution in [0.15, 0.2) is 0 Å². The standard InChI is InChI=1S/C19H40N2/c1-2-3-4-5-6-7-11-14-17-19(21-20)18-15-12-9-8-10-13-16-18/h18-19,21H,2-17,20H2,1H3. The zero-order chi connectivity index (χ0) is 15.2. The van der Waals surface area contributed by atoms with E-state index in [9.17, 15) is 0 Å². The SMILES string of the molecule is CCCCCCCCCCC(NN)C1CCCCCCC1. The molecule has 3 N–H and O–H groups in total. The highest BCUT2D eigenvalue weighted by Crippen LogP contribution is 2.27. The third kappa shape index (κ3) is 9.52. The summed E-state index contributed by atoms with van der Waals surface area (Å²) in [5.41, 5.74) is 3.14. The van der Waals surface area contributed by atoms with Crippen molar-refractivity contribution in [2.24, 2.45) is 11.8 Å². The van der Waals surface area contributed by atoms with Crippen LogP contribution in [-0.2, 0) is 0 Å². The van der Waals surface area contributed by atoms with Gasteiger partial charge in [0, 0.05) is 6.04 Å². The third-order valence-corrected chi connectivity index (χ3v) is 5.30. The maximum absolute atomic E-state index is 5.84. The van der Waals surface area contributed by atoms with Crippen molar-refractivity contribution in [1.82, 2.24) is 5.43 Å². The minimum Gasteiger partial charge on any atom is -0.271 e. The van der Waals surface area contributed by atoms with E-state index in [1.807, 2.05) is 0 Å². The number of nitrogens with two attached hydrogens (primary N) is 1. The van der Waals surface area contributed by atoms with Gasteiger partial charge < -0.3 is 0 Å². The summed E-state index contributed by atoms with van der Waals surface area (Å²) >= 11 is 0. The van der Waals surface area contributed by atoms with Crippen molar-refractivity contribution in [3.8, 4) is 0 Å². The number of unbranched alkanes of at least 4 members (excludes halogenated alkanes) is 7. The Morgan fingerprint density at radius 3 is 1.90 bits per heavy atom. The van der Waals surface area contributed by atoms with Crippen LogP contribution in [0.25, 0.3) is 0 Å². The molecule has 0 aromatic heterocycles. The van der Waals surface area contributed by atoms with E-state index in [-0.39, 0.29) is 0 Å². The molecule has 1 saturated carbocycles. The molecule has 1 fully saturated rings. The molecular formula is C19H40N2. The Bertz CT molecular complexity index is 210. The van der Waals surface area contributed by atoms with E-state index in [1.165, 1.54) is 103 Å². The molecule has 0 aromatic rings. The molecule has 0 spiro atoms. The fourth-order valence-corrected chi connectivity index (χ4v) is 3.84. The molecule has 0 amide bonds. The summed E-state index contributed by atoms with van der Waals surface area (Å²) in [4.78, 5) is 0. The molecule has 0 heterocycles. The average Bonchev–Trinajstić information content (AvgIpc) is 2.46. The fraction of sp³-hybridized carbons (Fsp3) is 1.00. The number of hydrogen-bond donors (Lipinski definition) is 2. The van der Waals surface area contributed by atoms with Crippen molar-refractivity contribution in [2.45, 2.75) is 116 Å². The summed E-state index contributed by atoms with van der Waals surface area (Å²) in [5, 5.41) is 0. The maximum Gasteiger partial charge on any atom is 0.0238 e. The third-order valence-electron chi connectivity index (χ3n) is 5.30. The van der Waals surface area contributed by atoms with Gasteiger partial charge in [0.05, 0.1) is 0 Å². The van der Waals surface area contributed by atoms with E-state index in [2.05, 4.69) is 12.3 Å². The smallest absolute Gasteiger partial charge is 0.0238 e. The Labute approximate surface area is 133 Å². The van der Waals surface area contributed by atoms with Crippen molar-refractivity contribution in [3.05, 3.63) is 0 Å². The Morgan fingerprint density at radius 1 is 0.810 bits per heavy atom. The highest BCUT2D eigenvalue weighted by Gasteiger charge is 2.20. The van der Waals surface area contributed by atoms with Crippen molar-refractivity contribution in [2.75, 3.05) is 0 Å². The first kappa shape index (κ1) is 19.0. The Morgan fingerprint density at radius 2 is 1.33 bits per heavy atom. The van der Waals surface area contributed by atoms with Crippen LogP contribution in [0.4, 0.5) is 0 Å². The number of rotatable bonds is 11. The molecule has 0 saturated heterocycles. The first-order valence-electron chi connectivity index (χ1n) is 9.84. The van der Waals surface area contributed by atoms with Gasteiger partial charge in [-0.25, -0.2) is 0 Å². The quantitative estimate of drug-likeness (QED) is 0.291. The molecule has 0 aliphatic heterocycles. The predicted molar refractivity (Wildman–Crippen MR) is 94.1 cm³/mol. The number of nitrogens with one attached hydrogen (secondary N) is 1. The van der Waals surface area contributed by atoms with Crippen molar-refractivity contribution < 1.29 is 0 Å². The Hall–Kier alpha value is -0.0800. The van der Waals surface area contributed by atoms with Crippen LogP contribution in [0, 0.1) is 5.92 Å². The number of hydrazine groups is 1. The summed E-state index contributed by atoms with van der Waals surface area (Å²) < 4.78 is 0. The molecule has 2 heteroatoms. The van der Waals surface area contributed by atoms with Crippen LogP contribution in [-0.4, -0.2) is 6.04 Å². The van der Waals surface area contributed by atoms with Gasteiger partial charge in [0.25, 0.3) is 0 Å². The molecule has 1 aliphatic carbocycles. The molecule has 2 nitrogen and oxygen atoms in total. The van der Waals surface area contributed by atoms with Gasteiger partial charge in [0.15, 0.2) is 0 Å². The average molecular weight is 297 g/mol. The molecule has 21 heavy (non-hydrogen) atoms. The zero-order valence-electron chi connectivity index (χ0n) is 14.5. The van der Waals surface area contributed by atoms with E-state index in [0.29, 0.717) is 6.04 Å². The Balaban J connectivity index is 2.06. The molecular weight excluding hydrogens is 256 g/mol. The lowest BCUT2D eigenvalue weighted by atomic mass is 9.84. The van der Waals surface area contributed by atoms with Gasteiger partial charge in [-0.3, -0.25) is 11.3 Å². The van der Waals surface area contributed by atoms with E-state index in [4.69, 9.17) is 5.84 Å². The van der Waals surface area contributed by atoms with Gasteiger partial charge in [0.2, 0.25) is 0 Å². The lowest BCUT2D eigenvalue weighted by molar-refractivity contribution is 0.270. The second-order valence-electron chi connectivity index (χ2n) is 7.14. The van der Waals surface area contributed by atoms with Gasteiger partial charge in [-0.15, -0.1) is 0 Å². The van der Waals surface area contributed by atoms with E-state index >= 15 is 0 Å². The van der Waals surface area contributed by atoms with Gasteiger partial charge in [-0.2, -0.15) is 0 Å². The van der Waals surface area contributed by atoms with Gasteiger partial charge in [-0.1, -0.05) is 90.4 Å². The second kappa shape index (κ2) is 13.6. The van der Waals surface area contributed by atoms with Crippen LogP contribution in [0.1, 0.15) is 110 Å². The van der Waals surface area contributed by atoms with E-state index in [1.54, 1.807) is 0 Å². The normalized spacial score (nSPS) is 19.1. The predicted octanol–water partition coefficient (Wildman–Crippen LogP) is 5.71. The maximum atomic E-state index is 5.84. The molecule has 1 unspecified atom stereocenters. The molecule has 1 rings (SSSR count). The van der Waals surface area contributed by atoms with Gasteiger partial charge in [0.1, 0.15) is 0 Å². The second-order valence-corrected chi connectivity index (χ2v) is 7.14. The lowest BCUT2D eigenvalue weighted by Gasteiger charge is -2.28. The summed E-state index contributed by atoms with van der Waals surface area (Å²) in [5.74, 6) is 6.67. The fourth-order valence-electron chi connectivity index (χ4n) is 3.84. The summed E-state index contributed by atoms with van der Waals surface area (Å²) in [7, 11) is 0. The van der Waals surface area contributed by atoms with Crippen molar-refractivity contribution in [1.29, 1.82) is 0 Å². The molecule has 126 valence electrons. The molecule has 1 atom stereocenters. The van der Waals surface area contributed by atoms with Crippen molar-refractivity contribution >= 4 is 0 Å². The number of hydrogen-bond acceptors (Lipinski definition) is 2. The van der Waals surface area contributed by atoms with Crippen LogP contribution in [0.2, 0.25) is 0 Å². The van der Waals surface area contributed by atoms with Crippen molar-refractivity contribution in [3.63, 3.8) is 0 Å². The zero-order valence-corrected chi connectivity index (χ0v) is 14.5. The monoisotopic (exact) mass is 296 g/mol. The highest BCUT2D eigenvalue weighted by atomic mass is 15.2. The highest BCUT2D eigenvalue weighted by molar-refractivity contribution is 4.76. The summed E-state index contributed by atoms with van der Waals surface area (Å²) in [6.45, 7) is 2.29. The first-order chi connectivity index (χ1) is 10.4. The molecule has 0 radical (unpaired) electrons. The van der Waals surface area contributed by atoms with E-state index in [0.717, 1.165) is 5.92 Å². The van der Waals surface area contributed by atoms with Crippen LogP contribution in [0.3, 0.4) is 0 Å². The summed E-state index contributed by atoms with van der Waals surface area (Å²) in [6.07, 6.45) is 22.5. The summed E-state index contributed by atoms with van der Waals surface area (Å²) in [6, 6.07) is 0.572. The van der Waals surface area contributed by atoms with E-state index < -0.39 is 0 Å². The van der Waals surface area contributed by atoms with Crippen LogP contribution < -0.4 is 11.3 Å². The van der Waals surface area contributed by atoms with Gasteiger partial charge in [-0.05, 0) is 25.2 Å².